The lowest BCUT2D eigenvalue weighted by molar-refractivity contribution is 0.282. The summed E-state index contributed by atoms with van der Waals surface area (Å²) in [5.74, 6) is 1.16. The van der Waals surface area contributed by atoms with Crippen LogP contribution in [0.1, 0.15) is 18.9 Å². The van der Waals surface area contributed by atoms with Crippen molar-refractivity contribution in [2.24, 2.45) is 0 Å². The summed E-state index contributed by atoms with van der Waals surface area (Å²) >= 11 is 2.05. The van der Waals surface area contributed by atoms with Gasteiger partial charge >= 0.3 is 0 Å². The second-order valence-corrected chi connectivity index (χ2v) is 5.42. The molecule has 0 aliphatic carbocycles. The predicted octanol–water partition coefficient (Wildman–Crippen LogP) is 1.91. The zero-order chi connectivity index (χ0) is 11.4. The summed E-state index contributed by atoms with van der Waals surface area (Å²) in [4.78, 5) is 6.51. The Balaban J connectivity index is 2.16. The van der Waals surface area contributed by atoms with Gasteiger partial charge in [0.2, 0.25) is 0 Å². The van der Waals surface area contributed by atoms with Gasteiger partial charge in [0.1, 0.15) is 0 Å². The predicted molar refractivity (Wildman–Crippen MR) is 68.9 cm³/mol. The van der Waals surface area contributed by atoms with E-state index in [2.05, 4.69) is 28.6 Å². The molecule has 1 atom stereocenters. The quantitative estimate of drug-likeness (QED) is 0.872. The van der Waals surface area contributed by atoms with Crippen LogP contribution in [-0.2, 0) is 6.61 Å². The fourth-order valence-corrected chi connectivity index (χ4v) is 3.20. The molecule has 3 nitrogen and oxygen atoms in total. The van der Waals surface area contributed by atoms with Crippen LogP contribution in [0.4, 0.5) is 5.69 Å². The first-order chi connectivity index (χ1) is 7.85. The molecule has 0 aromatic carbocycles. The van der Waals surface area contributed by atoms with Crippen LogP contribution in [0.15, 0.2) is 18.5 Å². The van der Waals surface area contributed by atoms with E-state index in [0.717, 1.165) is 30.1 Å². The van der Waals surface area contributed by atoms with Gasteiger partial charge in [-0.15, -0.1) is 0 Å². The Morgan fingerprint density at radius 3 is 3.25 bits per heavy atom. The van der Waals surface area contributed by atoms with Gasteiger partial charge in [0.05, 0.1) is 18.5 Å². The first-order valence-electron chi connectivity index (χ1n) is 5.75. The van der Waals surface area contributed by atoms with Crippen LogP contribution in [0, 0.1) is 0 Å². The molecule has 16 heavy (non-hydrogen) atoms. The minimum Gasteiger partial charge on any atom is -0.392 e. The van der Waals surface area contributed by atoms with E-state index < -0.39 is 0 Å². The lowest BCUT2D eigenvalue weighted by Crippen LogP contribution is -2.38. The third-order valence-corrected chi connectivity index (χ3v) is 4.36. The van der Waals surface area contributed by atoms with Crippen molar-refractivity contribution in [3.8, 4) is 0 Å². The molecule has 1 N–H and O–H groups in total. The summed E-state index contributed by atoms with van der Waals surface area (Å²) in [6.07, 6.45) is 4.81. The zero-order valence-electron chi connectivity index (χ0n) is 9.59. The van der Waals surface area contributed by atoms with Crippen molar-refractivity contribution < 1.29 is 5.11 Å². The Kier molecular flexibility index (Phi) is 4.07. The van der Waals surface area contributed by atoms with Gasteiger partial charge in [-0.1, -0.05) is 6.92 Å². The zero-order valence-corrected chi connectivity index (χ0v) is 10.4. The lowest BCUT2D eigenvalue weighted by atomic mass is 10.2. The SMILES string of the molecule is CCC1CN(c2cnccc2CO)CCS1. The largest absolute Gasteiger partial charge is 0.392 e. The minimum atomic E-state index is 0.0955. The van der Waals surface area contributed by atoms with E-state index in [4.69, 9.17) is 0 Å². The highest BCUT2D eigenvalue weighted by molar-refractivity contribution is 8.00. The molecule has 1 aromatic heterocycles. The number of thioether (sulfide) groups is 1. The van der Waals surface area contributed by atoms with Crippen LogP contribution >= 0.6 is 11.8 Å². The number of pyridine rings is 1. The third kappa shape index (κ3) is 2.50. The molecular weight excluding hydrogens is 220 g/mol. The number of nitrogens with zero attached hydrogens (tertiary/aromatic N) is 2. The molecule has 1 aliphatic rings. The average Bonchev–Trinajstić information content (AvgIpc) is 2.38. The van der Waals surface area contributed by atoms with Crippen molar-refractivity contribution in [2.75, 3.05) is 23.7 Å². The van der Waals surface area contributed by atoms with Gasteiger partial charge in [-0.2, -0.15) is 11.8 Å². The summed E-state index contributed by atoms with van der Waals surface area (Å²) in [6.45, 7) is 4.45. The number of rotatable bonds is 3. The van der Waals surface area contributed by atoms with E-state index in [9.17, 15) is 5.11 Å². The standard InChI is InChI=1S/C12H18N2OS/c1-2-11-8-14(5-6-16-11)12-7-13-4-3-10(12)9-15/h3-4,7,11,15H,2,5-6,8-9H2,1H3. The van der Waals surface area contributed by atoms with E-state index in [0.29, 0.717) is 5.25 Å². The van der Waals surface area contributed by atoms with Gasteiger partial charge in [-0.05, 0) is 12.5 Å². The fraction of sp³-hybridized carbons (Fsp3) is 0.583. The molecule has 88 valence electrons. The van der Waals surface area contributed by atoms with Crippen LogP contribution in [-0.4, -0.2) is 34.2 Å². The van der Waals surface area contributed by atoms with Gasteiger partial charge in [0.25, 0.3) is 0 Å². The fourth-order valence-electron chi connectivity index (χ4n) is 2.02. The van der Waals surface area contributed by atoms with Crippen LogP contribution in [0.25, 0.3) is 0 Å². The monoisotopic (exact) mass is 238 g/mol. The van der Waals surface area contributed by atoms with Crippen molar-refractivity contribution in [2.45, 2.75) is 25.2 Å². The highest BCUT2D eigenvalue weighted by Crippen LogP contribution is 2.27. The van der Waals surface area contributed by atoms with Gasteiger partial charge in [-0.3, -0.25) is 4.98 Å². The van der Waals surface area contributed by atoms with Crippen LogP contribution in [0.2, 0.25) is 0 Å². The molecule has 1 unspecified atom stereocenters. The topological polar surface area (TPSA) is 36.4 Å². The minimum absolute atomic E-state index is 0.0955. The number of aromatic nitrogens is 1. The molecule has 0 spiro atoms. The summed E-state index contributed by atoms with van der Waals surface area (Å²) in [6, 6.07) is 1.90. The molecule has 1 fully saturated rings. The Morgan fingerprint density at radius 2 is 2.50 bits per heavy atom. The van der Waals surface area contributed by atoms with Crippen molar-refractivity contribution in [1.29, 1.82) is 0 Å². The van der Waals surface area contributed by atoms with Gasteiger partial charge in [-0.25, -0.2) is 0 Å². The summed E-state index contributed by atoms with van der Waals surface area (Å²) in [5.41, 5.74) is 2.08. The first-order valence-corrected chi connectivity index (χ1v) is 6.80. The number of hydrogen-bond donors (Lipinski definition) is 1. The number of aliphatic hydroxyl groups is 1. The van der Waals surface area contributed by atoms with E-state index in [1.54, 1.807) is 6.20 Å². The van der Waals surface area contributed by atoms with Crippen molar-refractivity contribution in [1.82, 2.24) is 4.98 Å². The summed E-state index contributed by atoms with van der Waals surface area (Å²) in [5, 5.41) is 10.0. The van der Waals surface area contributed by atoms with Crippen LogP contribution in [0.5, 0.6) is 0 Å². The second-order valence-electron chi connectivity index (χ2n) is 4.01. The molecule has 0 saturated carbocycles. The normalized spacial score (nSPS) is 21.1. The van der Waals surface area contributed by atoms with E-state index in [1.165, 1.54) is 6.42 Å². The maximum Gasteiger partial charge on any atom is 0.0703 e. The third-order valence-electron chi connectivity index (χ3n) is 2.99. The Hall–Kier alpha value is -0.740. The maximum atomic E-state index is 9.31. The van der Waals surface area contributed by atoms with Gasteiger partial charge in [0, 0.05) is 35.9 Å². The highest BCUT2D eigenvalue weighted by Gasteiger charge is 2.20. The van der Waals surface area contributed by atoms with Gasteiger partial charge in [0.15, 0.2) is 0 Å². The Labute approximate surface area is 101 Å². The maximum absolute atomic E-state index is 9.31. The molecule has 4 heteroatoms. The average molecular weight is 238 g/mol. The van der Waals surface area contributed by atoms with Crippen molar-refractivity contribution in [3.05, 3.63) is 24.0 Å². The Bertz CT molecular complexity index is 346. The van der Waals surface area contributed by atoms with E-state index in [-0.39, 0.29) is 6.61 Å². The first kappa shape index (κ1) is 11.7. The molecule has 0 bridgehead atoms. The van der Waals surface area contributed by atoms with Crippen LogP contribution in [0.3, 0.4) is 0 Å². The molecule has 2 heterocycles. The second kappa shape index (κ2) is 5.55. The molecule has 2 rings (SSSR count). The highest BCUT2D eigenvalue weighted by atomic mass is 32.2. The van der Waals surface area contributed by atoms with E-state index >= 15 is 0 Å². The Morgan fingerprint density at radius 1 is 1.62 bits per heavy atom. The summed E-state index contributed by atoms with van der Waals surface area (Å²) < 4.78 is 0. The molecular formula is C12H18N2OS. The summed E-state index contributed by atoms with van der Waals surface area (Å²) in [7, 11) is 0. The molecule has 1 aliphatic heterocycles. The van der Waals surface area contributed by atoms with Gasteiger partial charge < -0.3 is 10.0 Å². The molecule has 1 saturated heterocycles. The number of aliphatic hydroxyl groups excluding tert-OH is 1. The smallest absolute Gasteiger partial charge is 0.0703 e. The van der Waals surface area contributed by atoms with Crippen molar-refractivity contribution >= 4 is 17.4 Å². The van der Waals surface area contributed by atoms with Crippen LogP contribution < -0.4 is 4.90 Å². The molecule has 0 amide bonds. The van der Waals surface area contributed by atoms with Crippen molar-refractivity contribution in [3.63, 3.8) is 0 Å². The lowest BCUT2D eigenvalue weighted by Gasteiger charge is -2.34. The molecule has 0 radical (unpaired) electrons. The number of hydrogen-bond acceptors (Lipinski definition) is 4. The number of anilines is 1. The molecule has 1 aromatic rings. The van der Waals surface area contributed by atoms with E-state index in [1.807, 2.05) is 12.3 Å².